The van der Waals surface area contributed by atoms with Crippen LogP contribution in [0.5, 0.6) is 5.75 Å². The van der Waals surface area contributed by atoms with Gasteiger partial charge in [0.15, 0.2) is 0 Å². The fourth-order valence-electron chi connectivity index (χ4n) is 3.45. The molecular weight excluding hydrogens is 418 g/mol. The number of furan rings is 1. The summed E-state index contributed by atoms with van der Waals surface area (Å²) in [5, 5.41) is 2.87. The molecule has 3 amide bonds. The summed E-state index contributed by atoms with van der Waals surface area (Å²) in [5.41, 5.74) is 1.79. The first-order valence-corrected chi connectivity index (χ1v) is 11.1. The van der Waals surface area contributed by atoms with E-state index in [0.29, 0.717) is 36.8 Å². The van der Waals surface area contributed by atoms with Crippen LogP contribution in [0.4, 0.5) is 10.5 Å². The van der Waals surface area contributed by atoms with Crippen LogP contribution in [0.15, 0.2) is 77.4 Å². The molecule has 3 rings (SSSR count). The van der Waals surface area contributed by atoms with E-state index in [-0.39, 0.29) is 18.5 Å². The van der Waals surface area contributed by atoms with Gasteiger partial charge in [-0.05, 0) is 54.8 Å². The number of methoxy groups -OCH3 is 1. The third-order valence-corrected chi connectivity index (χ3v) is 5.24. The maximum atomic E-state index is 13.3. The van der Waals surface area contributed by atoms with Crippen LogP contribution in [0.3, 0.4) is 0 Å². The third-order valence-electron chi connectivity index (χ3n) is 5.24. The molecule has 2 aromatic carbocycles. The molecule has 0 saturated heterocycles. The Balaban J connectivity index is 1.66. The van der Waals surface area contributed by atoms with Crippen molar-refractivity contribution in [1.82, 2.24) is 9.80 Å². The Morgan fingerprint density at radius 2 is 1.70 bits per heavy atom. The van der Waals surface area contributed by atoms with Gasteiger partial charge in [0.2, 0.25) is 5.91 Å². The Labute approximate surface area is 194 Å². The maximum absolute atomic E-state index is 13.3. The fourth-order valence-corrected chi connectivity index (χ4v) is 3.45. The van der Waals surface area contributed by atoms with Crippen LogP contribution in [-0.4, -0.2) is 48.5 Å². The Morgan fingerprint density at radius 1 is 0.939 bits per heavy atom. The summed E-state index contributed by atoms with van der Waals surface area (Å²) >= 11 is 0. The van der Waals surface area contributed by atoms with Crippen molar-refractivity contribution in [2.75, 3.05) is 32.1 Å². The molecule has 0 aliphatic rings. The smallest absolute Gasteiger partial charge is 0.322 e. The molecule has 7 nitrogen and oxygen atoms in total. The van der Waals surface area contributed by atoms with E-state index < -0.39 is 0 Å². The number of carbonyl (C=O) groups excluding carboxylic acids is 2. The number of nitrogens with zero attached hydrogens (tertiary/aromatic N) is 2. The normalized spacial score (nSPS) is 10.5. The van der Waals surface area contributed by atoms with E-state index in [1.807, 2.05) is 43.3 Å². The van der Waals surface area contributed by atoms with E-state index in [1.165, 1.54) is 0 Å². The molecule has 33 heavy (non-hydrogen) atoms. The zero-order valence-corrected chi connectivity index (χ0v) is 19.2. The quantitative estimate of drug-likeness (QED) is 0.456. The Hall–Kier alpha value is -3.74. The molecule has 0 aliphatic heterocycles. The van der Waals surface area contributed by atoms with Gasteiger partial charge in [0.05, 0.1) is 19.9 Å². The highest BCUT2D eigenvalue weighted by molar-refractivity contribution is 5.92. The van der Waals surface area contributed by atoms with Crippen LogP contribution >= 0.6 is 0 Å². The minimum atomic E-state index is -0.309. The van der Waals surface area contributed by atoms with Crippen molar-refractivity contribution in [1.29, 1.82) is 0 Å². The lowest BCUT2D eigenvalue weighted by Gasteiger charge is -2.27. The number of amides is 3. The first kappa shape index (κ1) is 23.9. The average molecular weight is 450 g/mol. The lowest BCUT2D eigenvalue weighted by molar-refractivity contribution is -0.132. The van der Waals surface area contributed by atoms with E-state index in [1.54, 1.807) is 53.5 Å². The molecule has 0 aliphatic carbocycles. The third kappa shape index (κ3) is 7.42. The Bertz CT molecular complexity index is 988. The number of anilines is 1. The van der Waals surface area contributed by atoms with Gasteiger partial charge in [-0.2, -0.15) is 0 Å². The van der Waals surface area contributed by atoms with Gasteiger partial charge in [-0.15, -0.1) is 0 Å². The predicted octanol–water partition coefficient (Wildman–Crippen LogP) is 4.80. The molecule has 3 aromatic rings. The highest BCUT2D eigenvalue weighted by Crippen LogP contribution is 2.16. The van der Waals surface area contributed by atoms with Gasteiger partial charge in [0.1, 0.15) is 18.1 Å². The van der Waals surface area contributed by atoms with E-state index in [0.717, 1.165) is 18.4 Å². The molecule has 7 heteroatoms. The maximum Gasteiger partial charge on any atom is 0.322 e. The fraction of sp³-hybridized carbons (Fsp3) is 0.308. The summed E-state index contributed by atoms with van der Waals surface area (Å²) in [5.74, 6) is 1.29. The summed E-state index contributed by atoms with van der Waals surface area (Å²) < 4.78 is 10.6. The van der Waals surface area contributed by atoms with Gasteiger partial charge in [0, 0.05) is 18.8 Å². The number of urea groups is 1. The van der Waals surface area contributed by atoms with Crippen molar-refractivity contribution < 1.29 is 18.7 Å². The summed E-state index contributed by atoms with van der Waals surface area (Å²) in [4.78, 5) is 29.5. The van der Waals surface area contributed by atoms with Gasteiger partial charge in [-0.1, -0.05) is 37.3 Å². The van der Waals surface area contributed by atoms with E-state index in [2.05, 4.69) is 5.32 Å². The van der Waals surface area contributed by atoms with Crippen LogP contribution in [0, 0.1) is 0 Å². The number of hydrogen-bond donors (Lipinski definition) is 1. The summed E-state index contributed by atoms with van der Waals surface area (Å²) in [7, 11) is 1.59. The molecule has 0 saturated carbocycles. The summed E-state index contributed by atoms with van der Waals surface area (Å²) in [6, 6.07) is 20.5. The van der Waals surface area contributed by atoms with E-state index >= 15 is 0 Å². The lowest BCUT2D eigenvalue weighted by atomic mass is 10.1. The Morgan fingerprint density at radius 3 is 2.33 bits per heavy atom. The van der Waals surface area contributed by atoms with Crippen molar-refractivity contribution in [2.24, 2.45) is 0 Å². The van der Waals surface area contributed by atoms with Gasteiger partial charge in [-0.25, -0.2) is 4.79 Å². The number of carbonyl (C=O) groups is 2. The molecule has 1 aromatic heterocycles. The zero-order valence-electron chi connectivity index (χ0n) is 19.2. The first-order valence-electron chi connectivity index (χ1n) is 11.1. The van der Waals surface area contributed by atoms with E-state index in [4.69, 9.17) is 9.15 Å². The molecule has 174 valence electrons. The van der Waals surface area contributed by atoms with Crippen LogP contribution in [0.1, 0.15) is 24.7 Å². The van der Waals surface area contributed by atoms with Crippen LogP contribution in [0.2, 0.25) is 0 Å². The van der Waals surface area contributed by atoms with Crippen LogP contribution in [0.25, 0.3) is 0 Å². The molecule has 0 fully saturated rings. The van der Waals surface area contributed by atoms with Crippen molar-refractivity contribution in [3.8, 4) is 5.75 Å². The van der Waals surface area contributed by atoms with Crippen molar-refractivity contribution >= 4 is 17.6 Å². The summed E-state index contributed by atoms with van der Waals surface area (Å²) in [6.45, 7) is 3.34. The Kier molecular flexibility index (Phi) is 8.94. The second kappa shape index (κ2) is 12.3. The minimum Gasteiger partial charge on any atom is -0.497 e. The molecule has 0 atom stereocenters. The predicted molar refractivity (Wildman–Crippen MR) is 128 cm³/mol. The average Bonchev–Trinajstić information content (AvgIpc) is 3.35. The zero-order chi connectivity index (χ0) is 23.5. The standard InChI is InChI=1S/C26H31N3O4/c1-3-16-29(26(31)27-22-11-13-23(32-2)14-12-22)20-25(30)28(19-24-10-7-18-33-24)17-15-21-8-5-4-6-9-21/h4-14,18H,3,15-17,19-20H2,1-2H3,(H,27,31). The number of hydrogen-bond acceptors (Lipinski definition) is 4. The first-order chi connectivity index (χ1) is 16.1. The van der Waals surface area contributed by atoms with Crippen LogP contribution in [-0.2, 0) is 17.8 Å². The lowest BCUT2D eigenvalue weighted by Crippen LogP contribution is -2.45. The van der Waals surface area contributed by atoms with Crippen molar-refractivity contribution in [2.45, 2.75) is 26.3 Å². The molecule has 0 bridgehead atoms. The molecule has 1 N–H and O–H groups in total. The largest absolute Gasteiger partial charge is 0.497 e. The summed E-state index contributed by atoms with van der Waals surface area (Å²) in [6.07, 6.45) is 3.06. The molecular formula is C26H31N3O4. The van der Waals surface area contributed by atoms with E-state index in [9.17, 15) is 9.59 Å². The number of ether oxygens (including phenoxy) is 1. The van der Waals surface area contributed by atoms with Crippen molar-refractivity contribution in [3.05, 3.63) is 84.3 Å². The monoisotopic (exact) mass is 449 g/mol. The molecule has 0 spiro atoms. The second-order valence-corrected chi connectivity index (χ2v) is 7.71. The van der Waals surface area contributed by atoms with Gasteiger partial charge >= 0.3 is 6.03 Å². The SMILES string of the molecule is CCCN(CC(=O)N(CCc1ccccc1)Cc1ccco1)C(=O)Nc1ccc(OC)cc1. The molecule has 0 unspecified atom stereocenters. The topological polar surface area (TPSA) is 75.0 Å². The minimum absolute atomic E-state index is 0.00860. The number of benzene rings is 2. The van der Waals surface area contributed by atoms with Crippen molar-refractivity contribution in [3.63, 3.8) is 0 Å². The number of rotatable bonds is 11. The second-order valence-electron chi connectivity index (χ2n) is 7.71. The highest BCUT2D eigenvalue weighted by atomic mass is 16.5. The van der Waals surface area contributed by atoms with Gasteiger partial charge in [0.25, 0.3) is 0 Å². The van der Waals surface area contributed by atoms with Gasteiger partial charge in [-0.3, -0.25) is 4.79 Å². The highest BCUT2D eigenvalue weighted by Gasteiger charge is 2.22. The van der Waals surface area contributed by atoms with Gasteiger partial charge < -0.3 is 24.3 Å². The molecule has 1 heterocycles. The van der Waals surface area contributed by atoms with Crippen LogP contribution < -0.4 is 10.1 Å². The molecule has 0 radical (unpaired) electrons. The number of nitrogens with one attached hydrogen (secondary N) is 1.